The lowest BCUT2D eigenvalue weighted by molar-refractivity contribution is 0.628. The molecule has 7 rings (SSSR count). The van der Waals surface area contributed by atoms with Gasteiger partial charge >= 0.3 is 0 Å². The Morgan fingerprint density at radius 1 is 0.583 bits per heavy atom. The number of benzene rings is 4. The first-order valence-electron chi connectivity index (χ1n) is 11.8. The Bertz CT molecular complexity index is 1890. The predicted molar refractivity (Wildman–Crippen MR) is 143 cm³/mol. The number of para-hydroxylation sites is 1. The van der Waals surface area contributed by atoms with E-state index in [0.717, 1.165) is 60.6 Å². The van der Waals surface area contributed by atoms with Crippen molar-refractivity contribution in [1.82, 2.24) is 9.97 Å². The molecule has 0 unspecified atom stereocenters. The smallest absolute Gasteiger partial charge is 0.227 e. The number of pyridine rings is 2. The van der Waals surface area contributed by atoms with Crippen LogP contribution in [0.4, 0.5) is 4.39 Å². The van der Waals surface area contributed by atoms with Crippen LogP contribution >= 0.6 is 0 Å². The molecule has 170 valence electrons. The molecule has 0 amide bonds. The van der Waals surface area contributed by atoms with Crippen molar-refractivity contribution < 1.29 is 8.81 Å². The Morgan fingerprint density at radius 3 is 2.03 bits per heavy atom. The van der Waals surface area contributed by atoms with Gasteiger partial charge in [-0.3, -0.25) is 4.98 Å². The second-order valence-electron chi connectivity index (χ2n) is 8.86. The summed E-state index contributed by atoms with van der Waals surface area (Å²) in [5.41, 5.74) is 7.44. The average Bonchev–Trinajstić information content (AvgIpc) is 3.32. The van der Waals surface area contributed by atoms with E-state index < -0.39 is 0 Å². The molecule has 7 aromatic rings. The molecule has 0 bridgehead atoms. The van der Waals surface area contributed by atoms with Crippen molar-refractivity contribution >= 4 is 32.8 Å². The molecule has 0 radical (unpaired) electrons. The minimum Gasteiger partial charge on any atom is -0.437 e. The summed E-state index contributed by atoms with van der Waals surface area (Å²) in [5.74, 6) is -0.227. The van der Waals surface area contributed by atoms with Gasteiger partial charge < -0.3 is 4.42 Å². The fourth-order valence-electron chi connectivity index (χ4n) is 4.81. The zero-order chi connectivity index (χ0) is 24.1. The summed E-state index contributed by atoms with van der Waals surface area (Å²) in [6.07, 6.45) is 3.65. The van der Waals surface area contributed by atoms with E-state index >= 15 is 0 Å². The first-order valence-corrected chi connectivity index (χ1v) is 11.8. The molecule has 0 atom stereocenters. The second kappa shape index (κ2) is 8.14. The van der Waals surface area contributed by atoms with E-state index in [2.05, 4.69) is 53.5 Å². The number of rotatable bonds is 3. The van der Waals surface area contributed by atoms with Gasteiger partial charge in [-0.2, -0.15) is 0 Å². The highest BCUT2D eigenvalue weighted by Gasteiger charge is 2.13. The number of furan rings is 1. The molecule has 0 N–H and O–H groups in total. The summed E-state index contributed by atoms with van der Waals surface area (Å²) in [7, 11) is 0. The van der Waals surface area contributed by atoms with Crippen LogP contribution in [0.25, 0.3) is 66.4 Å². The third-order valence-corrected chi connectivity index (χ3v) is 6.67. The predicted octanol–water partition coefficient (Wildman–Crippen LogP) is 8.67. The molecule has 0 spiro atoms. The van der Waals surface area contributed by atoms with Crippen molar-refractivity contribution in [3.63, 3.8) is 0 Å². The van der Waals surface area contributed by atoms with Crippen LogP contribution in [0.5, 0.6) is 0 Å². The van der Waals surface area contributed by atoms with Crippen LogP contribution in [0.15, 0.2) is 120 Å². The number of fused-ring (bicyclic) bond motifs is 4. The summed E-state index contributed by atoms with van der Waals surface area (Å²) in [5, 5.41) is 4.32. The van der Waals surface area contributed by atoms with Crippen molar-refractivity contribution in [2.45, 2.75) is 0 Å². The molecule has 4 aromatic carbocycles. The maximum atomic E-state index is 13.3. The van der Waals surface area contributed by atoms with E-state index in [4.69, 9.17) is 9.40 Å². The van der Waals surface area contributed by atoms with Gasteiger partial charge in [0.15, 0.2) is 0 Å². The van der Waals surface area contributed by atoms with Gasteiger partial charge in [0.25, 0.3) is 0 Å². The van der Waals surface area contributed by atoms with Crippen LogP contribution in [0.2, 0.25) is 0 Å². The van der Waals surface area contributed by atoms with Crippen molar-refractivity contribution in [2.75, 3.05) is 0 Å². The topological polar surface area (TPSA) is 38.9 Å². The van der Waals surface area contributed by atoms with E-state index in [1.165, 1.54) is 12.1 Å². The van der Waals surface area contributed by atoms with Gasteiger partial charge in [-0.05, 0) is 76.0 Å². The third kappa shape index (κ3) is 3.43. The van der Waals surface area contributed by atoms with E-state index in [1.54, 1.807) is 18.3 Å². The zero-order valence-corrected chi connectivity index (χ0v) is 19.2. The highest BCUT2D eigenvalue weighted by Crippen LogP contribution is 2.35. The number of hydrogen-bond donors (Lipinski definition) is 0. The SMILES string of the molecule is Fc1ccc(-c2ccc3cc(-c4ccc(-c5cccc6c5oc5ncccc56)nc4)ccc3c2)cc1. The average molecular weight is 467 g/mol. The van der Waals surface area contributed by atoms with Crippen molar-refractivity contribution in [2.24, 2.45) is 0 Å². The van der Waals surface area contributed by atoms with Crippen LogP contribution in [0.3, 0.4) is 0 Å². The lowest BCUT2D eigenvalue weighted by Crippen LogP contribution is -1.86. The van der Waals surface area contributed by atoms with Gasteiger partial charge in [0.1, 0.15) is 11.4 Å². The Balaban J connectivity index is 1.23. The van der Waals surface area contributed by atoms with E-state index in [9.17, 15) is 4.39 Å². The molecule has 0 saturated carbocycles. The number of aromatic nitrogens is 2. The molecule has 0 aliphatic rings. The maximum absolute atomic E-state index is 13.3. The van der Waals surface area contributed by atoms with Crippen LogP contribution in [-0.4, -0.2) is 9.97 Å². The number of nitrogens with zero attached hydrogens (tertiary/aromatic N) is 2. The summed E-state index contributed by atoms with van der Waals surface area (Å²) < 4.78 is 19.4. The third-order valence-electron chi connectivity index (χ3n) is 6.67. The van der Waals surface area contributed by atoms with E-state index in [1.807, 2.05) is 36.5 Å². The maximum Gasteiger partial charge on any atom is 0.227 e. The number of halogens is 1. The largest absolute Gasteiger partial charge is 0.437 e. The van der Waals surface area contributed by atoms with Crippen LogP contribution < -0.4 is 0 Å². The fourth-order valence-corrected chi connectivity index (χ4v) is 4.81. The molecule has 36 heavy (non-hydrogen) atoms. The lowest BCUT2D eigenvalue weighted by atomic mass is 9.98. The fraction of sp³-hybridized carbons (Fsp3) is 0. The molecule has 0 aliphatic carbocycles. The van der Waals surface area contributed by atoms with Crippen LogP contribution in [0, 0.1) is 5.82 Å². The molecule has 0 saturated heterocycles. The first-order chi connectivity index (χ1) is 17.7. The van der Waals surface area contributed by atoms with Crippen molar-refractivity contribution in [1.29, 1.82) is 0 Å². The minimum absolute atomic E-state index is 0.227. The van der Waals surface area contributed by atoms with E-state index in [-0.39, 0.29) is 5.82 Å². The van der Waals surface area contributed by atoms with Gasteiger partial charge in [0.05, 0.1) is 5.69 Å². The van der Waals surface area contributed by atoms with Crippen molar-refractivity contribution in [3.8, 4) is 33.5 Å². The first kappa shape index (κ1) is 20.5. The van der Waals surface area contributed by atoms with Gasteiger partial charge in [-0.1, -0.05) is 54.6 Å². The highest BCUT2D eigenvalue weighted by atomic mass is 19.1. The molecule has 3 nitrogen and oxygen atoms in total. The Kier molecular flexibility index (Phi) is 4.64. The summed E-state index contributed by atoms with van der Waals surface area (Å²) in [4.78, 5) is 9.13. The molecular formula is C32H19FN2O. The minimum atomic E-state index is -0.227. The quantitative estimate of drug-likeness (QED) is 0.261. The Labute approximate surface area is 206 Å². The second-order valence-corrected chi connectivity index (χ2v) is 8.86. The van der Waals surface area contributed by atoms with Crippen molar-refractivity contribution in [3.05, 3.63) is 121 Å². The summed E-state index contributed by atoms with van der Waals surface area (Å²) in [6, 6.07) is 33.5. The molecule has 4 heteroatoms. The summed E-state index contributed by atoms with van der Waals surface area (Å²) >= 11 is 0. The van der Waals surface area contributed by atoms with Crippen LogP contribution in [0.1, 0.15) is 0 Å². The Morgan fingerprint density at radius 2 is 1.28 bits per heavy atom. The van der Waals surface area contributed by atoms with E-state index in [0.29, 0.717) is 5.71 Å². The number of hydrogen-bond acceptors (Lipinski definition) is 3. The molecule has 3 heterocycles. The molecular weight excluding hydrogens is 447 g/mol. The lowest BCUT2D eigenvalue weighted by Gasteiger charge is -2.08. The van der Waals surface area contributed by atoms with Gasteiger partial charge in [-0.15, -0.1) is 0 Å². The molecule has 0 fully saturated rings. The van der Waals surface area contributed by atoms with Gasteiger partial charge in [-0.25, -0.2) is 9.37 Å². The zero-order valence-electron chi connectivity index (χ0n) is 19.2. The van der Waals surface area contributed by atoms with Crippen LogP contribution in [-0.2, 0) is 0 Å². The van der Waals surface area contributed by atoms with Gasteiger partial charge in [0.2, 0.25) is 5.71 Å². The summed E-state index contributed by atoms with van der Waals surface area (Å²) in [6.45, 7) is 0. The van der Waals surface area contributed by atoms with Gasteiger partial charge in [0, 0.05) is 34.3 Å². The molecule has 0 aliphatic heterocycles. The standard InChI is InChI=1S/C32H19FN2O/c33-26-13-10-20(11-14-26)21-6-7-23-18-24(9-8-22(23)17-21)25-12-15-30(35-19-25)29-4-1-3-27-28-5-2-16-34-32(28)36-31(27)29/h1-19H. The normalized spacial score (nSPS) is 11.5. The monoisotopic (exact) mass is 466 g/mol. The Hall–Kier alpha value is -4.83. The highest BCUT2D eigenvalue weighted by molar-refractivity contribution is 6.08. The molecule has 3 aromatic heterocycles.